The quantitative estimate of drug-likeness (QED) is 0.388. The summed E-state index contributed by atoms with van der Waals surface area (Å²) in [6, 6.07) is 10.7. The molecule has 0 saturated heterocycles. The minimum absolute atomic E-state index is 0.114. The van der Waals surface area contributed by atoms with Crippen molar-refractivity contribution in [3.8, 4) is 0 Å². The number of hydrogen-bond acceptors (Lipinski definition) is 8. The number of rotatable bonds is 8. The molecule has 12 heteroatoms. The van der Waals surface area contributed by atoms with Crippen molar-refractivity contribution in [1.29, 1.82) is 0 Å². The summed E-state index contributed by atoms with van der Waals surface area (Å²) in [6.45, 7) is 3.57. The van der Waals surface area contributed by atoms with Crippen LogP contribution < -0.4 is 10.0 Å². The summed E-state index contributed by atoms with van der Waals surface area (Å²) in [7, 11) is -3.63. The van der Waals surface area contributed by atoms with Crippen LogP contribution in [0.15, 0.2) is 47.4 Å². The second kappa shape index (κ2) is 9.29. The van der Waals surface area contributed by atoms with Crippen LogP contribution in [0.5, 0.6) is 0 Å². The summed E-state index contributed by atoms with van der Waals surface area (Å²) in [5, 5.41) is 22.1. The molecule has 1 heterocycles. The molecule has 0 saturated carbocycles. The van der Waals surface area contributed by atoms with Crippen LogP contribution in [0.25, 0.3) is 0 Å². The van der Waals surface area contributed by atoms with Crippen LogP contribution in [-0.4, -0.2) is 36.0 Å². The first kappa shape index (κ1) is 22.5. The molecule has 2 aromatic carbocycles. The summed E-state index contributed by atoms with van der Waals surface area (Å²) < 4.78 is 27.1. The minimum atomic E-state index is -3.63. The molecule has 0 aliphatic heterocycles. The van der Waals surface area contributed by atoms with E-state index in [0.717, 1.165) is 16.9 Å². The zero-order chi connectivity index (χ0) is 22.6. The maximum absolute atomic E-state index is 12.3. The number of carbonyl (C=O) groups excluding carboxylic acids is 1. The number of aromatic nitrogens is 2. The van der Waals surface area contributed by atoms with Gasteiger partial charge in [-0.2, -0.15) is 0 Å². The molecule has 0 unspecified atom stereocenters. The number of nitrogens with zero attached hydrogens (tertiary/aromatic N) is 3. The number of amides is 1. The Morgan fingerprint density at radius 1 is 1.13 bits per heavy atom. The minimum Gasteiger partial charge on any atom is -0.296 e. The van der Waals surface area contributed by atoms with Crippen LogP contribution in [0.4, 0.5) is 10.8 Å². The Hall–Kier alpha value is -3.22. The lowest BCUT2D eigenvalue weighted by atomic mass is 10.1. The first-order valence-electron chi connectivity index (χ1n) is 9.11. The molecule has 31 heavy (non-hydrogen) atoms. The topological polar surface area (TPSA) is 144 Å². The van der Waals surface area contributed by atoms with Crippen LogP contribution in [0.2, 0.25) is 0 Å². The lowest BCUT2D eigenvalue weighted by Crippen LogP contribution is -2.25. The van der Waals surface area contributed by atoms with E-state index in [2.05, 4.69) is 20.2 Å². The monoisotopic (exact) mass is 461 g/mol. The average molecular weight is 462 g/mol. The lowest BCUT2D eigenvalue weighted by molar-refractivity contribution is -0.385. The highest BCUT2D eigenvalue weighted by molar-refractivity contribution is 7.89. The number of carbonyl (C=O) groups is 1. The van der Waals surface area contributed by atoms with E-state index >= 15 is 0 Å². The third-order valence-electron chi connectivity index (χ3n) is 4.32. The first-order chi connectivity index (χ1) is 14.7. The summed E-state index contributed by atoms with van der Waals surface area (Å²) in [5.74, 6) is -0.550. The molecule has 10 nitrogen and oxygen atoms in total. The summed E-state index contributed by atoms with van der Waals surface area (Å²) in [6.07, 6.45) is 0.286. The lowest BCUT2D eigenvalue weighted by Gasteiger charge is -2.05. The van der Waals surface area contributed by atoms with Crippen molar-refractivity contribution in [2.24, 2.45) is 0 Å². The molecule has 0 fully saturated rings. The highest BCUT2D eigenvalue weighted by Gasteiger charge is 2.17. The molecular formula is C19H19N5O5S2. The number of nitro benzene ring substituents is 1. The molecule has 0 bridgehead atoms. The van der Waals surface area contributed by atoms with E-state index in [1.54, 1.807) is 19.1 Å². The first-order valence-corrected chi connectivity index (χ1v) is 11.4. The smallest absolute Gasteiger partial charge is 0.273 e. The zero-order valence-electron chi connectivity index (χ0n) is 16.7. The van der Waals surface area contributed by atoms with E-state index in [-0.39, 0.29) is 34.2 Å². The summed E-state index contributed by atoms with van der Waals surface area (Å²) in [5.41, 5.74) is 1.39. The zero-order valence-corrected chi connectivity index (χ0v) is 18.3. The van der Waals surface area contributed by atoms with Crippen LogP contribution in [0.1, 0.15) is 26.5 Å². The van der Waals surface area contributed by atoms with Crippen LogP contribution >= 0.6 is 11.3 Å². The van der Waals surface area contributed by atoms with Crippen molar-refractivity contribution < 1.29 is 18.1 Å². The normalized spacial score (nSPS) is 11.3. The van der Waals surface area contributed by atoms with Gasteiger partial charge in [-0.25, -0.2) is 13.1 Å². The second-order valence-electron chi connectivity index (χ2n) is 6.67. The Morgan fingerprint density at radius 2 is 1.84 bits per heavy atom. The fourth-order valence-corrected chi connectivity index (χ4v) is 4.38. The highest BCUT2D eigenvalue weighted by atomic mass is 32.2. The third-order valence-corrected chi connectivity index (χ3v) is 6.69. The Morgan fingerprint density at radius 3 is 2.52 bits per heavy atom. The van der Waals surface area contributed by atoms with Gasteiger partial charge in [0.15, 0.2) is 0 Å². The van der Waals surface area contributed by atoms with E-state index in [1.807, 2.05) is 6.92 Å². The molecule has 0 atom stereocenters. The van der Waals surface area contributed by atoms with E-state index in [1.165, 1.54) is 30.3 Å². The van der Waals surface area contributed by atoms with E-state index in [0.29, 0.717) is 10.6 Å². The number of anilines is 1. The number of sulfonamides is 1. The van der Waals surface area contributed by atoms with Gasteiger partial charge in [-0.15, -0.1) is 10.2 Å². The van der Waals surface area contributed by atoms with Gasteiger partial charge < -0.3 is 0 Å². The van der Waals surface area contributed by atoms with Gasteiger partial charge in [-0.3, -0.25) is 20.2 Å². The molecule has 0 aliphatic rings. The third kappa shape index (κ3) is 5.69. The average Bonchev–Trinajstić information content (AvgIpc) is 3.15. The molecule has 0 aliphatic carbocycles. The molecular weight excluding hydrogens is 442 g/mol. The maximum Gasteiger partial charge on any atom is 0.273 e. The molecule has 1 amide bonds. The van der Waals surface area contributed by atoms with Gasteiger partial charge in [0.05, 0.1) is 9.82 Å². The van der Waals surface area contributed by atoms with Crippen molar-refractivity contribution in [3.63, 3.8) is 0 Å². The van der Waals surface area contributed by atoms with Crippen molar-refractivity contribution >= 4 is 38.1 Å². The predicted octanol–water partition coefficient (Wildman–Crippen LogP) is 2.84. The van der Waals surface area contributed by atoms with Crippen LogP contribution in [-0.2, 0) is 16.4 Å². The SMILES string of the molecule is Cc1ccc(S(=O)(=O)NCCc2nnc(NC(=O)c3ccc(C)c([N+](=O)[O-])c3)s2)cc1. The fraction of sp³-hybridized carbons (Fsp3) is 0.211. The Bertz CT molecular complexity index is 1220. The highest BCUT2D eigenvalue weighted by Crippen LogP contribution is 2.21. The van der Waals surface area contributed by atoms with Crippen LogP contribution in [0, 0.1) is 24.0 Å². The fourth-order valence-electron chi connectivity index (χ4n) is 2.61. The molecule has 2 N–H and O–H groups in total. The van der Waals surface area contributed by atoms with Crippen LogP contribution in [0.3, 0.4) is 0 Å². The van der Waals surface area contributed by atoms with Gasteiger partial charge >= 0.3 is 0 Å². The predicted molar refractivity (Wildman–Crippen MR) is 116 cm³/mol. The number of aryl methyl sites for hydroxylation is 2. The van der Waals surface area contributed by atoms with E-state index < -0.39 is 20.9 Å². The summed E-state index contributed by atoms with van der Waals surface area (Å²) in [4.78, 5) is 23.0. The summed E-state index contributed by atoms with van der Waals surface area (Å²) >= 11 is 1.10. The largest absolute Gasteiger partial charge is 0.296 e. The van der Waals surface area contributed by atoms with E-state index in [4.69, 9.17) is 0 Å². The molecule has 1 aromatic heterocycles. The number of nitrogens with one attached hydrogen (secondary N) is 2. The van der Waals surface area contributed by atoms with Crippen molar-refractivity contribution in [3.05, 3.63) is 74.3 Å². The molecule has 0 spiro atoms. The molecule has 0 radical (unpaired) electrons. The van der Waals surface area contributed by atoms with Gasteiger partial charge in [0.2, 0.25) is 15.2 Å². The van der Waals surface area contributed by atoms with Gasteiger partial charge in [0.1, 0.15) is 5.01 Å². The molecule has 3 aromatic rings. The van der Waals surface area contributed by atoms with Crippen molar-refractivity contribution in [2.75, 3.05) is 11.9 Å². The Labute approximate surface area is 182 Å². The molecule has 162 valence electrons. The van der Waals surface area contributed by atoms with Gasteiger partial charge in [-0.1, -0.05) is 35.1 Å². The van der Waals surface area contributed by atoms with Gasteiger partial charge in [0, 0.05) is 30.2 Å². The van der Waals surface area contributed by atoms with Gasteiger partial charge in [-0.05, 0) is 32.0 Å². The number of benzene rings is 2. The van der Waals surface area contributed by atoms with Crippen molar-refractivity contribution in [1.82, 2.24) is 14.9 Å². The standard InChI is InChI=1S/C19H19N5O5S2/c1-12-3-7-15(8-4-12)31(28,29)20-10-9-17-22-23-19(30-17)21-18(25)14-6-5-13(2)16(11-14)24(26)27/h3-8,11,20H,9-10H2,1-2H3,(H,21,23,25). The number of hydrogen-bond donors (Lipinski definition) is 2. The molecule has 3 rings (SSSR count). The Kier molecular flexibility index (Phi) is 6.73. The van der Waals surface area contributed by atoms with Crippen molar-refractivity contribution in [2.45, 2.75) is 25.2 Å². The van der Waals surface area contributed by atoms with Gasteiger partial charge in [0.25, 0.3) is 11.6 Å². The Balaban J connectivity index is 1.58. The number of nitro groups is 1. The maximum atomic E-state index is 12.3. The van der Waals surface area contributed by atoms with E-state index in [9.17, 15) is 23.3 Å². The second-order valence-corrected chi connectivity index (χ2v) is 9.50.